The molecule has 0 saturated heterocycles. The zero-order valence-electron chi connectivity index (χ0n) is 10.6. The summed E-state index contributed by atoms with van der Waals surface area (Å²) >= 11 is 0. The molecule has 0 unspecified atom stereocenters. The monoisotopic (exact) mass is 244 g/mol. The minimum absolute atomic E-state index is 0.465. The summed E-state index contributed by atoms with van der Waals surface area (Å²) in [5.41, 5.74) is 0.668. The van der Waals surface area contributed by atoms with E-state index in [1.807, 2.05) is 0 Å². The maximum Gasteiger partial charge on any atom is 0.136 e. The molecule has 0 N–H and O–H groups in total. The largest absolute Gasteiger partial charge is 0.299 e. The van der Waals surface area contributed by atoms with Gasteiger partial charge in [-0.2, -0.15) is 0 Å². The van der Waals surface area contributed by atoms with Gasteiger partial charge in [-0.05, 0) is 24.3 Å². The van der Waals surface area contributed by atoms with Crippen LogP contribution in [-0.2, 0) is 4.79 Å². The molecule has 2 aliphatic rings. The summed E-state index contributed by atoms with van der Waals surface area (Å²) in [7, 11) is -1.46. The average molecular weight is 244 g/mol. The van der Waals surface area contributed by atoms with E-state index < -0.39 is 8.07 Å². The summed E-state index contributed by atoms with van der Waals surface area (Å²) in [5.74, 6) is 1.77. The van der Waals surface area contributed by atoms with Crippen LogP contribution in [0.4, 0.5) is 0 Å². The summed E-state index contributed by atoms with van der Waals surface area (Å²) < 4.78 is 0. The fourth-order valence-corrected chi connectivity index (χ4v) is 6.53. The van der Waals surface area contributed by atoms with Crippen molar-refractivity contribution in [3.05, 3.63) is 30.3 Å². The highest BCUT2D eigenvalue weighted by atomic mass is 28.3. The average Bonchev–Trinajstić information content (AvgIpc) is 3.10. The molecule has 2 saturated carbocycles. The Kier molecular flexibility index (Phi) is 2.51. The van der Waals surface area contributed by atoms with Gasteiger partial charge in [0.15, 0.2) is 0 Å². The normalized spacial score (nSPS) is 32.1. The molecule has 90 valence electrons. The van der Waals surface area contributed by atoms with Crippen molar-refractivity contribution in [3.8, 4) is 0 Å². The van der Waals surface area contributed by atoms with Crippen molar-refractivity contribution in [1.29, 1.82) is 0 Å². The summed E-state index contributed by atoms with van der Waals surface area (Å²) in [4.78, 5) is 11.9. The smallest absolute Gasteiger partial charge is 0.136 e. The Labute approximate surface area is 104 Å². The summed E-state index contributed by atoms with van der Waals surface area (Å²) in [6.07, 6.45) is 3.36. The Morgan fingerprint density at radius 2 is 1.82 bits per heavy atom. The van der Waals surface area contributed by atoms with E-state index in [0.717, 1.165) is 12.3 Å². The van der Waals surface area contributed by atoms with E-state index in [0.29, 0.717) is 17.2 Å². The molecule has 1 aromatic rings. The van der Waals surface area contributed by atoms with Crippen LogP contribution < -0.4 is 5.19 Å². The topological polar surface area (TPSA) is 17.1 Å². The molecule has 0 amide bonds. The van der Waals surface area contributed by atoms with E-state index in [1.54, 1.807) is 0 Å². The van der Waals surface area contributed by atoms with Gasteiger partial charge in [-0.15, -0.1) is 0 Å². The highest BCUT2D eigenvalue weighted by molar-refractivity contribution is 6.91. The van der Waals surface area contributed by atoms with E-state index in [9.17, 15) is 4.79 Å². The molecular formula is C15H20OSi. The third-order valence-electron chi connectivity index (χ3n) is 4.91. The second kappa shape index (κ2) is 3.81. The van der Waals surface area contributed by atoms with E-state index >= 15 is 0 Å². The molecule has 0 spiro atoms. The predicted octanol–water partition coefficient (Wildman–Crippen LogP) is 2.97. The van der Waals surface area contributed by atoms with E-state index in [4.69, 9.17) is 0 Å². The fourth-order valence-electron chi connectivity index (χ4n) is 3.40. The second-order valence-corrected chi connectivity index (χ2v) is 11.1. The molecule has 2 heteroatoms. The predicted molar refractivity (Wildman–Crippen MR) is 73.1 cm³/mol. The first-order chi connectivity index (χ1) is 8.09. The Balaban J connectivity index is 1.85. The van der Waals surface area contributed by atoms with Crippen molar-refractivity contribution in [2.45, 2.75) is 37.9 Å². The molecule has 1 aromatic carbocycles. The minimum Gasteiger partial charge on any atom is -0.299 e. The number of benzene rings is 1. The Morgan fingerprint density at radius 3 is 2.47 bits per heavy atom. The van der Waals surface area contributed by atoms with Crippen LogP contribution in [0.1, 0.15) is 19.3 Å². The number of hydrogen-bond acceptors (Lipinski definition) is 1. The molecule has 3 rings (SSSR count). The lowest BCUT2D eigenvalue weighted by molar-refractivity contribution is -0.121. The Morgan fingerprint density at radius 1 is 1.12 bits per heavy atom. The van der Waals surface area contributed by atoms with Crippen molar-refractivity contribution in [3.63, 3.8) is 0 Å². The lowest BCUT2D eigenvalue weighted by atomic mass is 9.99. The van der Waals surface area contributed by atoms with E-state index in [2.05, 4.69) is 43.4 Å². The first-order valence-corrected chi connectivity index (χ1v) is 9.75. The van der Waals surface area contributed by atoms with Crippen LogP contribution in [0.5, 0.6) is 0 Å². The lowest BCUT2D eigenvalue weighted by Gasteiger charge is -2.35. The number of Topliss-reactive ketones (excluding diaryl/α,β-unsaturated/α-hetero) is 1. The maximum atomic E-state index is 11.9. The van der Waals surface area contributed by atoms with E-state index in [-0.39, 0.29) is 0 Å². The number of hydrogen-bond donors (Lipinski definition) is 0. The third-order valence-corrected chi connectivity index (χ3v) is 9.21. The highest BCUT2D eigenvalue weighted by Gasteiger charge is 2.51. The van der Waals surface area contributed by atoms with Gasteiger partial charge in [0.25, 0.3) is 0 Å². The van der Waals surface area contributed by atoms with Gasteiger partial charge in [0, 0.05) is 12.3 Å². The molecule has 17 heavy (non-hydrogen) atoms. The van der Waals surface area contributed by atoms with Crippen molar-refractivity contribution in [1.82, 2.24) is 0 Å². The van der Waals surface area contributed by atoms with Crippen molar-refractivity contribution < 1.29 is 4.79 Å². The lowest BCUT2D eigenvalue weighted by Crippen LogP contribution is -2.47. The third kappa shape index (κ3) is 1.88. The number of carbonyl (C=O) groups is 1. The molecular weight excluding hydrogens is 224 g/mol. The van der Waals surface area contributed by atoms with Gasteiger partial charge in [0.05, 0.1) is 8.07 Å². The quantitative estimate of drug-likeness (QED) is 0.731. The number of carbonyl (C=O) groups excluding carboxylic acids is 1. The van der Waals surface area contributed by atoms with Gasteiger partial charge >= 0.3 is 0 Å². The molecule has 2 fully saturated rings. The fraction of sp³-hybridized carbons (Fsp3) is 0.533. The molecule has 0 bridgehead atoms. The Hall–Kier alpha value is -0.893. The summed E-state index contributed by atoms with van der Waals surface area (Å²) in [6.45, 7) is 4.87. The van der Waals surface area contributed by atoms with Crippen LogP contribution in [0.25, 0.3) is 0 Å². The maximum absolute atomic E-state index is 11.9. The highest BCUT2D eigenvalue weighted by Crippen LogP contribution is 2.53. The van der Waals surface area contributed by atoms with Gasteiger partial charge in [-0.3, -0.25) is 4.79 Å². The number of ketones is 1. The zero-order valence-corrected chi connectivity index (χ0v) is 11.6. The van der Waals surface area contributed by atoms with Crippen LogP contribution in [0.15, 0.2) is 30.3 Å². The second-order valence-electron chi connectivity index (χ2n) is 6.29. The van der Waals surface area contributed by atoms with Crippen molar-refractivity contribution in [2.75, 3.05) is 0 Å². The molecule has 2 aliphatic carbocycles. The Bertz CT molecular complexity index is 437. The summed E-state index contributed by atoms with van der Waals surface area (Å²) in [6, 6.07) is 10.9. The number of fused-ring (bicyclic) bond motifs is 1. The first-order valence-electron chi connectivity index (χ1n) is 6.67. The van der Waals surface area contributed by atoms with Crippen LogP contribution in [0.2, 0.25) is 18.6 Å². The van der Waals surface area contributed by atoms with Crippen molar-refractivity contribution >= 4 is 19.0 Å². The van der Waals surface area contributed by atoms with Gasteiger partial charge in [0.1, 0.15) is 5.78 Å². The zero-order chi connectivity index (χ0) is 12.0. The van der Waals surface area contributed by atoms with Gasteiger partial charge in [-0.1, -0.05) is 48.6 Å². The van der Waals surface area contributed by atoms with Gasteiger partial charge < -0.3 is 0 Å². The minimum atomic E-state index is -1.46. The standard InChI is InChI=1S/C15H20OSi/c1-17(2,12-6-4-3-5-7-12)13-8-11-9-14(11)15(16)10-13/h3-7,11,13-14H,8-10H2,1-2H3/t11-,13-,14+/m0/s1. The van der Waals surface area contributed by atoms with E-state index in [1.165, 1.54) is 18.0 Å². The first kappa shape index (κ1) is 11.2. The molecule has 0 aliphatic heterocycles. The van der Waals surface area contributed by atoms with Gasteiger partial charge in [-0.25, -0.2) is 0 Å². The van der Waals surface area contributed by atoms with Crippen LogP contribution in [-0.4, -0.2) is 13.9 Å². The SMILES string of the molecule is C[Si](C)(c1ccccc1)[C@@H]1CC(=O)[C@@H]2C[C@@H]2C1. The molecule has 1 nitrogen and oxygen atoms in total. The number of rotatable bonds is 2. The van der Waals surface area contributed by atoms with Crippen LogP contribution in [0, 0.1) is 11.8 Å². The van der Waals surface area contributed by atoms with Gasteiger partial charge in [0.2, 0.25) is 0 Å². The molecule has 3 atom stereocenters. The summed E-state index contributed by atoms with van der Waals surface area (Å²) in [5, 5.41) is 1.51. The van der Waals surface area contributed by atoms with Crippen LogP contribution >= 0.6 is 0 Å². The van der Waals surface area contributed by atoms with Crippen LogP contribution in [0.3, 0.4) is 0 Å². The molecule has 0 aromatic heterocycles. The molecule has 0 radical (unpaired) electrons. The molecule has 0 heterocycles. The van der Waals surface area contributed by atoms with Crippen molar-refractivity contribution in [2.24, 2.45) is 11.8 Å².